The van der Waals surface area contributed by atoms with Gasteiger partial charge in [-0.2, -0.15) is 17.4 Å². The van der Waals surface area contributed by atoms with Crippen LogP contribution in [0.5, 0.6) is 5.75 Å². The third-order valence-corrected chi connectivity index (χ3v) is 4.41. The van der Waals surface area contributed by atoms with E-state index in [4.69, 9.17) is 4.74 Å². The number of hydrogen-bond donors (Lipinski definition) is 1. The van der Waals surface area contributed by atoms with Crippen molar-refractivity contribution in [2.45, 2.75) is 19.9 Å². The van der Waals surface area contributed by atoms with E-state index in [9.17, 15) is 8.42 Å². The van der Waals surface area contributed by atoms with Crippen LogP contribution in [0.2, 0.25) is 0 Å². The highest BCUT2D eigenvalue weighted by molar-refractivity contribution is 7.87. The molecule has 0 saturated carbocycles. The molecule has 0 fully saturated rings. The maximum atomic E-state index is 11.9. The van der Waals surface area contributed by atoms with Crippen LogP contribution in [0.15, 0.2) is 24.3 Å². The molecule has 0 heterocycles. The summed E-state index contributed by atoms with van der Waals surface area (Å²) in [7, 11) is 1.16. The lowest BCUT2D eigenvalue weighted by molar-refractivity contribution is 0.413. The lowest BCUT2D eigenvalue weighted by atomic mass is 9.97. The molecule has 1 N–H and O–H groups in total. The van der Waals surface area contributed by atoms with E-state index in [0.29, 0.717) is 0 Å². The molecule has 0 radical (unpaired) electrons. The fraction of sp³-hybridized carbons (Fsp3) is 0.538. The molecule has 0 amide bonds. The molecule has 5 nitrogen and oxygen atoms in total. The van der Waals surface area contributed by atoms with Crippen LogP contribution < -0.4 is 9.46 Å². The molecule has 1 aromatic rings. The highest BCUT2D eigenvalue weighted by atomic mass is 32.2. The minimum Gasteiger partial charge on any atom is -0.497 e. The molecule has 1 rings (SSSR count). The van der Waals surface area contributed by atoms with Gasteiger partial charge in [-0.25, -0.2) is 0 Å². The molecule has 1 aromatic carbocycles. The lowest BCUT2D eigenvalue weighted by Gasteiger charge is -2.24. The Labute approximate surface area is 115 Å². The van der Waals surface area contributed by atoms with E-state index in [1.165, 1.54) is 18.4 Å². The molecule has 1 atom stereocenters. The fourth-order valence-electron chi connectivity index (χ4n) is 1.67. The Morgan fingerprint density at radius 3 is 2.05 bits per heavy atom. The van der Waals surface area contributed by atoms with Crippen molar-refractivity contribution < 1.29 is 13.2 Å². The molecule has 0 saturated heterocycles. The molecular weight excluding hydrogens is 264 g/mol. The molecule has 108 valence electrons. The first-order valence-electron chi connectivity index (χ1n) is 6.11. The van der Waals surface area contributed by atoms with Crippen LogP contribution in [0.25, 0.3) is 0 Å². The van der Waals surface area contributed by atoms with Crippen molar-refractivity contribution in [3.63, 3.8) is 0 Å². The number of rotatable bonds is 6. The van der Waals surface area contributed by atoms with Crippen LogP contribution in [-0.4, -0.2) is 33.9 Å². The molecule has 0 unspecified atom stereocenters. The van der Waals surface area contributed by atoms with Crippen LogP contribution in [0.4, 0.5) is 0 Å². The molecule has 0 bridgehead atoms. The van der Waals surface area contributed by atoms with Crippen LogP contribution in [0.3, 0.4) is 0 Å². The molecule has 0 aromatic heterocycles. The number of hydrogen-bond acceptors (Lipinski definition) is 3. The Balaban J connectivity index is 3.01. The van der Waals surface area contributed by atoms with Crippen LogP contribution in [-0.2, 0) is 10.2 Å². The van der Waals surface area contributed by atoms with Crippen molar-refractivity contribution in [2.75, 3.05) is 21.2 Å². The average molecular weight is 286 g/mol. The predicted molar refractivity (Wildman–Crippen MR) is 76.3 cm³/mol. The van der Waals surface area contributed by atoms with E-state index in [1.807, 2.05) is 38.1 Å². The zero-order chi connectivity index (χ0) is 14.6. The maximum Gasteiger partial charge on any atom is 0.279 e. The van der Waals surface area contributed by atoms with Crippen molar-refractivity contribution in [1.29, 1.82) is 0 Å². The second-order valence-electron chi connectivity index (χ2n) is 4.90. The van der Waals surface area contributed by atoms with Crippen molar-refractivity contribution >= 4 is 10.2 Å². The number of nitrogens with one attached hydrogen (secondary N) is 1. The normalized spacial score (nSPS) is 13.8. The summed E-state index contributed by atoms with van der Waals surface area (Å²) in [4.78, 5) is 0. The van der Waals surface area contributed by atoms with Gasteiger partial charge in [-0.3, -0.25) is 0 Å². The highest BCUT2D eigenvalue weighted by Crippen LogP contribution is 2.24. The highest BCUT2D eigenvalue weighted by Gasteiger charge is 2.23. The molecule has 6 heteroatoms. The largest absolute Gasteiger partial charge is 0.497 e. The van der Waals surface area contributed by atoms with E-state index < -0.39 is 10.2 Å². The summed E-state index contributed by atoms with van der Waals surface area (Å²) in [6, 6.07) is 7.14. The summed E-state index contributed by atoms with van der Waals surface area (Å²) in [5.41, 5.74) is 0.918. The number of methoxy groups -OCH3 is 1. The van der Waals surface area contributed by atoms with Gasteiger partial charge in [0, 0.05) is 14.1 Å². The van der Waals surface area contributed by atoms with Crippen LogP contribution in [0.1, 0.15) is 25.5 Å². The Kier molecular flexibility index (Phi) is 5.34. The average Bonchev–Trinajstić information content (AvgIpc) is 2.35. The summed E-state index contributed by atoms with van der Waals surface area (Å²) in [5.74, 6) is 0.893. The Morgan fingerprint density at radius 1 is 1.16 bits per heavy atom. The second-order valence-corrected chi connectivity index (χ2v) is 6.82. The minimum atomic E-state index is -3.45. The molecule has 0 aliphatic rings. The predicted octanol–water partition coefficient (Wildman–Crippen LogP) is 1.79. The van der Waals surface area contributed by atoms with Gasteiger partial charge >= 0.3 is 0 Å². The third-order valence-electron chi connectivity index (χ3n) is 2.90. The zero-order valence-corrected chi connectivity index (χ0v) is 12.9. The quantitative estimate of drug-likeness (QED) is 0.867. The van der Waals surface area contributed by atoms with Gasteiger partial charge in [-0.05, 0) is 23.6 Å². The molecule has 0 aliphatic heterocycles. The first-order valence-corrected chi connectivity index (χ1v) is 7.55. The first-order chi connectivity index (χ1) is 8.77. The van der Waals surface area contributed by atoms with Crippen LogP contribution in [0, 0.1) is 5.92 Å². The number of benzene rings is 1. The monoisotopic (exact) mass is 286 g/mol. The van der Waals surface area contributed by atoms with E-state index in [2.05, 4.69) is 4.72 Å². The summed E-state index contributed by atoms with van der Waals surface area (Å²) >= 11 is 0. The van der Waals surface area contributed by atoms with Gasteiger partial charge in [-0.1, -0.05) is 26.0 Å². The van der Waals surface area contributed by atoms with Crippen LogP contribution >= 0.6 is 0 Å². The van der Waals surface area contributed by atoms with Crippen molar-refractivity contribution in [3.05, 3.63) is 29.8 Å². The lowest BCUT2D eigenvalue weighted by Crippen LogP contribution is -2.39. The SMILES string of the molecule is COc1ccc([C@@H](NS(=O)(=O)N(C)C)C(C)C)cc1. The molecule has 19 heavy (non-hydrogen) atoms. The Morgan fingerprint density at radius 2 is 1.68 bits per heavy atom. The Hall–Kier alpha value is -1.11. The summed E-state index contributed by atoms with van der Waals surface area (Å²) < 4.78 is 32.8. The fourth-order valence-corrected chi connectivity index (χ4v) is 2.61. The summed E-state index contributed by atoms with van der Waals surface area (Å²) in [6.45, 7) is 3.96. The van der Waals surface area contributed by atoms with E-state index in [-0.39, 0.29) is 12.0 Å². The van der Waals surface area contributed by atoms with Gasteiger partial charge in [0.1, 0.15) is 5.75 Å². The van der Waals surface area contributed by atoms with Gasteiger partial charge in [-0.15, -0.1) is 0 Å². The minimum absolute atomic E-state index is 0.142. The Bertz CT molecular complexity index is 495. The van der Waals surface area contributed by atoms with Gasteiger partial charge in [0.25, 0.3) is 10.2 Å². The summed E-state index contributed by atoms with van der Waals surface area (Å²) in [6.07, 6.45) is 0. The zero-order valence-electron chi connectivity index (χ0n) is 12.0. The first kappa shape index (κ1) is 15.9. The van der Waals surface area contributed by atoms with E-state index in [0.717, 1.165) is 11.3 Å². The third kappa shape index (κ3) is 4.19. The van der Waals surface area contributed by atoms with E-state index >= 15 is 0 Å². The van der Waals surface area contributed by atoms with E-state index in [1.54, 1.807) is 7.11 Å². The van der Waals surface area contributed by atoms with Gasteiger partial charge in [0.15, 0.2) is 0 Å². The maximum absolute atomic E-state index is 11.9. The smallest absolute Gasteiger partial charge is 0.279 e. The molecule has 0 spiro atoms. The van der Waals surface area contributed by atoms with Gasteiger partial charge < -0.3 is 4.74 Å². The van der Waals surface area contributed by atoms with Gasteiger partial charge in [0.05, 0.1) is 13.2 Å². The number of nitrogens with zero attached hydrogens (tertiary/aromatic N) is 1. The van der Waals surface area contributed by atoms with Crippen molar-refractivity contribution in [3.8, 4) is 5.75 Å². The van der Waals surface area contributed by atoms with Gasteiger partial charge in [0.2, 0.25) is 0 Å². The molecule has 0 aliphatic carbocycles. The summed E-state index contributed by atoms with van der Waals surface area (Å²) in [5, 5.41) is 0. The van der Waals surface area contributed by atoms with Crippen molar-refractivity contribution in [2.24, 2.45) is 5.92 Å². The van der Waals surface area contributed by atoms with Crippen molar-refractivity contribution in [1.82, 2.24) is 9.03 Å². The standard InChI is InChI=1S/C13H22N2O3S/c1-10(2)13(14-19(16,17)15(3)4)11-6-8-12(18-5)9-7-11/h6-10,13-14H,1-5H3/t13-/m0/s1. The topological polar surface area (TPSA) is 58.6 Å². The second kappa shape index (κ2) is 6.36. The molecular formula is C13H22N2O3S. The number of ether oxygens (including phenoxy) is 1.